The average Bonchev–Trinajstić information content (AvgIpc) is 2.82. The SMILES string of the molecule is CC(C)(O)C(C)(C)OBc1cccc(C(=N)c2cc3ccccc3cc2Nc2ccccc2)c1. The molecule has 34 heavy (non-hydrogen) atoms. The molecule has 5 heteroatoms. The Kier molecular flexibility index (Phi) is 6.60. The second-order valence-electron chi connectivity index (χ2n) is 9.67. The molecule has 172 valence electrons. The van der Waals surface area contributed by atoms with Gasteiger partial charge in [0.05, 0.1) is 16.9 Å². The standard InChI is InChI=1S/C29H31BN2O2/c1-28(2,33)29(3,4)34-30-23-14-10-13-22(17-23)27(31)25-18-20-11-8-9-12-21(20)19-26(25)32-24-15-6-5-7-16-24/h5-19,30-33H,1-4H3. The summed E-state index contributed by atoms with van der Waals surface area (Å²) >= 11 is 0. The normalized spacial score (nSPS) is 11.9. The number of anilines is 2. The Bertz CT molecular complexity index is 1310. The number of para-hydroxylation sites is 1. The van der Waals surface area contributed by atoms with Gasteiger partial charge in [-0.1, -0.05) is 72.2 Å². The molecule has 4 nitrogen and oxygen atoms in total. The van der Waals surface area contributed by atoms with Crippen LogP contribution in [-0.4, -0.2) is 29.5 Å². The van der Waals surface area contributed by atoms with E-state index >= 15 is 0 Å². The molecule has 0 saturated heterocycles. The molecule has 4 rings (SSSR count). The van der Waals surface area contributed by atoms with Crippen molar-refractivity contribution in [2.45, 2.75) is 38.9 Å². The van der Waals surface area contributed by atoms with Gasteiger partial charge in [-0.05, 0) is 68.3 Å². The molecule has 0 aromatic heterocycles. The minimum atomic E-state index is -0.972. The molecule has 0 unspecified atom stereocenters. The molecule has 0 spiro atoms. The maximum atomic E-state index is 10.4. The summed E-state index contributed by atoms with van der Waals surface area (Å²) in [6, 6.07) is 30.3. The summed E-state index contributed by atoms with van der Waals surface area (Å²) in [7, 11) is 0.352. The maximum Gasteiger partial charge on any atom is 0.309 e. The third kappa shape index (κ3) is 5.22. The number of rotatable bonds is 8. The molecule has 0 fully saturated rings. The van der Waals surface area contributed by atoms with Crippen molar-refractivity contribution in [3.8, 4) is 0 Å². The predicted molar refractivity (Wildman–Crippen MR) is 144 cm³/mol. The fraction of sp³-hybridized carbons (Fsp3) is 0.207. The van der Waals surface area contributed by atoms with Crippen molar-refractivity contribution in [2.75, 3.05) is 5.32 Å². The van der Waals surface area contributed by atoms with E-state index in [0.29, 0.717) is 13.2 Å². The summed E-state index contributed by atoms with van der Waals surface area (Å²) < 4.78 is 6.05. The first-order chi connectivity index (χ1) is 16.1. The molecule has 0 saturated carbocycles. The van der Waals surface area contributed by atoms with Gasteiger partial charge in [-0.3, -0.25) is 5.41 Å². The molecule has 0 aliphatic heterocycles. The van der Waals surface area contributed by atoms with Crippen molar-refractivity contribution in [1.82, 2.24) is 0 Å². The Morgan fingerprint density at radius 1 is 0.824 bits per heavy atom. The Hall–Kier alpha value is -3.41. The van der Waals surface area contributed by atoms with Gasteiger partial charge in [0.1, 0.15) is 0 Å². The highest BCUT2D eigenvalue weighted by atomic mass is 16.5. The van der Waals surface area contributed by atoms with E-state index in [4.69, 9.17) is 10.1 Å². The summed E-state index contributed by atoms with van der Waals surface area (Å²) in [6.45, 7) is 7.27. The second kappa shape index (κ2) is 9.45. The van der Waals surface area contributed by atoms with Crippen LogP contribution in [0.25, 0.3) is 10.8 Å². The molecule has 0 heterocycles. The number of hydrogen-bond donors (Lipinski definition) is 3. The molecule has 0 atom stereocenters. The van der Waals surface area contributed by atoms with E-state index in [0.717, 1.165) is 38.7 Å². The molecular formula is C29H31BN2O2. The summed E-state index contributed by atoms with van der Waals surface area (Å²) in [5, 5.41) is 25.2. The molecule has 0 radical (unpaired) electrons. The minimum Gasteiger partial charge on any atom is -0.427 e. The highest BCUT2D eigenvalue weighted by Crippen LogP contribution is 2.29. The van der Waals surface area contributed by atoms with Gasteiger partial charge in [0.25, 0.3) is 0 Å². The van der Waals surface area contributed by atoms with Gasteiger partial charge in [-0.15, -0.1) is 0 Å². The molecule has 0 aliphatic rings. The van der Waals surface area contributed by atoms with Gasteiger partial charge >= 0.3 is 7.48 Å². The van der Waals surface area contributed by atoms with Crippen LogP contribution in [0.2, 0.25) is 0 Å². The van der Waals surface area contributed by atoms with Gasteiger partial charge in [-0.2, -0.15) is 0 Å². The van der Waals surface area contributed by atoms with E-state index in [1.54, 1.807) is 13.8 Å². The van der Waals surface area contributed by atoms with E-state index < -0.39 is 11.2 Å². The largest absolute Gasteiger partial charge is 0.427 e. The van der Waals surface area contributed by atoms with Crippen molar-refractivity contribution in [2.24, 2.45) is 0 Å². The fourth-order valence-electron chi connectivity index (χ4n) is 3.64. The Morgan fingerprint density at radius 3 is 2.15 bits per heavy atom. The number of fused-ring (bicyclic) bond motifs is 1. The van der Waals surface area contributed by atoms with Gasteiger partial charge in [-0.25, -0.2) is 0 Å². The first-order valence-electron chi connectivity index (χ1n) is 11.5. The molecule has 4 aromatic rings. The van der Waals surface area contributed by atoms with Crippen LogP contribution in [0.15, 0.2) is 91.0 Å². The molecule has 0 bridgehead atoms. The summed E-state index contributed by atoms with van der Waals surface area (Å²) in [5.41, 5.74) is 3.22. The maximum absolute atomic E-state index is 10.4. The van der Waals surface area contributed by atoms with Crippen molar-refractivity contribution in [1.29, 1.82) is 5.41 Å². The highest BCUT2D eigenvalue weighted by molar-refractivity contribution is 6.47. The number of nitrogens with one attached hydrogen (secondary N) is 2. The zero-order valence-electron chi connectivity index (χ0n) is 20.2. The molecule has 0 aliphatic carbocycles. The summed E-state index contributed by atoms with van der Waals surface area (Å²) in [6.07, 6.45) is 0. The third-order valence-corrected chi connectivity index (χ3v) is 6.50. The van der Waals surface area contributed by atoms with Crippen LogP contribution >= 0.6 is 0 Å². The lowest BCUT2D eigenvalue weighted by atomic mass is 9.81. The molecule has 3 N–H and O–H groups in total. The van der Waals surface area contributed by atoms with Crippen LogP contribution in [0, 0.1) is 5.41 Å². The Labute approximate surface area is 202 Å². The monoisotopic (exact) mass is 450 g/mol. The Balaban J connectivity index is 1.67. The van der Waals surface area contributed by atoms with Gasteiger partial charge in [0, 0.05) is 16.9 Å². The van der Waals surface area contributed by atoms with Crippen LogP contribution in [0.5, 0.6) is 0 Å². The molecular weight excluding hydrogens is 419 g/mol. The quantitative estimate of drug-likeness (QED) is 0.244. The van der Waals surface area contributed by atoms with E-state index in [2.05, 4.69) is 29.6 Å². The van der Waals surface area contributed by atoms with Gasteiger partial charge < -0.3 is 15.1 Å². The number of benzene rings is 4. The highest BCUT2D eigenvalue weighted by Gasteiger charge is 2.35. The zero-order valence-corrected chi connectivity index (χ0v) is 20.2. The first kappa shape index (κ1) is 23.7. The van der Waals surface area contributed by atoms with Crippen molar-refractivity contribution >= 4 is 40.8 Å². The van der Waals surface area contributed by atoms with Crippen LogP contribution in [0.4, 0.5) is 11.4 Å². The van der Waals surface area contributed by atoms with Gasteiger partial charge in [0.15, 0.2) is 0 Å². The number of hydrogen-bond acceptors (Lipinski definition) is 4. The topological polar surface area (TPSA) is 65.3 Å². The smallest absolute Gasteiger partial charge is 0.309 e. The average molecular weight is 450 g/mol. The predicted octanol–water partition coefficient (Wildman–Crippen LogP) is 5.54. The zero-order chi connectivity index (χ0) is 24.3. The molecule has 0 amide bonds. The first-order valence-corrected chi connectivity index (χ1v) is 11.5. The van der Waals surface area contributed by atoms with Crippen LogP contribution in [0.1, 0.15) is 38.8 Å². The minimum absolute atomic E-state index is 0.352. The van der Waals surface area contributed by atoms with Crippen LogP contribution < -0.4 is 10.8 Å². The second-order valence-corrected chi connectivity index (χ2v) is 9.67. The van der Waals surface area contributed by atoms with E-state index in [1.165, 1.54) is 0 Å². The van der Waals surface area contributed by atoms with E-state index in [-0.39, 0.29) is 0 Å². The third-order valence-electron chi connectivity index (χ3n) is 6.50. The van der Waals surface area contributed by atoms with Crippen molar-refractivity contribution < 1.29 is 9.76 Å². The van der Waals surface area contributed by atoms with Gasteiger partial charge in [0.2, 0.25) is 0 Å². The number of aliphatic hydroxyl groups is 1. The molecule has 4 aromatic carbocycles. The summed E-state index contributed by atoms with van der Waals surface area (Å²) in [4.78, 5) is 0. The lowest BCUT2D eigenvalue weighted by Crippen LogP contribution is -2.49. The summed E-state index contributed by atoms with van der Waals surface area (Å²) in [5.74, 6) is 0. The lowest BCUT2D eigenvalue weighted by molar-refractivity contribution is -0.0893. The van der Waals surface area contributed by atoms with Crippen molar-refractivity contribution in [3.05, 3.63) is 102 Å². The fourth-order valence-corrected chi connectivity index (χ4v) is 3.64. The van der Waals surface area contributed by atoms with Crippen LogP contribution in [-0.2, 0) is 4.65 Å². The van der Waals surface area contributed by atoms with E-state index in [9.17, 15) is 5.11 Å². The van der Waals surface area contributed by atoms with Crippen molar-refractivity contribution in [3.63, 3.8) is 0 Å². The lowest BCUT2D eigenvalue weighted by Gasteiger charge is -2.37. The Morgan fingerprint density at radius 2 is 1.47 bits per heavy atom. The van der Waals surface area contributed by atoms with E-state index in [1.807, 2.05) is 80.6 Å². The van der Waals surface area contributed by atoms with Crippen LogP contribution in [0.3, 0.4) is 0 Å².